The maximum Gasteiger partial charge on any atom is 0.328 e. The first kappa shape index (κ1) is 11.5. The Morgan fingerprint density at radius 3 is 2.56 bits per heavy atom. The van der Waals surface area contributed by atoms with Crippen LogP contribution in [0.4, 0.5) is 5.69 Å². The number of methoxy groups -OCH3 is 1. The molecule has 1 aliphatic carbocycles. The number of anilines is 1. The van der Waals surface area contributed by atoms with Crippen LogP contribution >= 0.6 is 15.9 Å². The van der Waals surface area contributed by atoms with Gasteiger partial charge in [-0.15, -0.1) is 0 Å². The molecular weight excluding hydrogens is 270 g/mol. The minimum absolute atomic E-state index is 0.176. The fraction of sp³-hybridized carbons (Fsp3) is 0.417. The Balaban J connectivity index is 2.05. The first-order chi connectivity index (χ1) is 7.70. The lowest BCUT2D eigenvalue weighted by atomic mass is 10.1. The predicted molar refractivity (Wildman–Crippen MR) is 66.3 cm³/mol. The van der Waals surface area contributed by atoms with Crippen molar-refractivity contribution in [3.63, 3.8) is 0 Å². The van der Waals surface area contributed by atoms with Gasteiger partial charge in [-0.25, -0.2) is 4.79 Å². The molecule has 3 nitrogen and oxygen atoms in total. The highest BCUT2D eigenvalue weighted by atomic mass is 79.9. The molecule has 4 heteroatoms. The van der Waals surface area contributed by atoms with E-state index in [0.717, 1.165) is 23.0 Å². The number of esters is 1. The predicted octanol–water partition coefficient (Wildman–Crippen LogP) is 2.81. The number of hydrogen-bond acceptors (Lipinski definition) is 3. The summed E-state index contributed by atoms with van der Waals surface area (Å²) in [4.78, 5) is 11.6. The average molecular weight is 284 g/mol. The van der Waals surface area contributed by atoms with Crippen molar-refractivity contribution in [3.8, 4) is 0 Å². The van der Waals surface area contributed by atoms with E-state index < -0.39 is 0 Å². The van der Waals surface area contributed by atoms with Crippen molar-refractivity contribution in [2.45, 2.75) is 18.9 Å². The third kappa shape index (κ3) is 2.76. The van der Waals surface area contributed by atoms with Gasteiger partial charge in [0.15, 0.2) is 0 Å². The maximum absolute atomic E-state index is 11.6. The summed E-state index contributed by atoms with van der Waals surface area (Å²) < 4.78 is 5.83. The average Bonchev–Trinajstić information content (AvgIpc) is 3.11. The number of halogens is 1. The second kappa shape index (κ2) is 4.87. The molecule has 1 aliphatic rings. The van der Waals surface area contributed by atoms with Crippen LogP contribution in [0.15, 0.2) is 28.7 Å². The highest BCUT2D eigenvalue weighted by molar-refractivity contribution is 9.10. The molecule has 0 spiro atoms. The molecule has 1 fully saturated rings. The van der Waals surface area contributed by atoms with E-state index >= 15 is 0 Å². The van der Waals surface area contributed by atoms with Gasteiger partial charge in [0.25, 0.3) is 0 Å². The quantitative estimate of drug-likeness (QED) is 0.864. The van der Waals surface area contributed by atoms with Crippen molar-refractivity contribution in [1.29, 1.82) is 0 Å². The normalized spacial score (nSPS) is 16.6. The van der Waals surface area contributed by atoms with Crippen LogP contribution in [0.5, 0.6) is 0 Å². The minimum atomic E-state index is -0.203. The van der Waals surface area contributed by atoms with Gasteiger partial charge in [-0.05, 0) is 43.0 Å². The second-order valence-corrected chi connectivity index (χ2v) is 4.91. The third-order valence-corrected chi connectivity index (χ3v) is 3.24. The smallest absolute Gasteiger partial charge is 0.328 e. The van der Waals surface area contributed by atoms with Crippen LogP contribution in [0.25, 0.3) is 0 Å². The van der Waals surface area contributed by atoms with E-state index in [2.05, 4.69) is 21.2 Å². The van der Waals surface area contributed by atoms with E-state index in [9.17, 15) is 4.79 Å². The van der Waals surface area contributed by atoms with Crippen molar-refractivity contribution < 1.29 is 9.53 Å². The summed E-state index contributed by atoms with van der Waals surface area (Å²) in [7, 11) is 1.43. The Labute approximate surface area is 103 Å². The molecule has 1 unspecified atom stereocenters. The lowest BCUT2D eigenvalue weighted by Gasteiger charge is -2.16. The molecule has 0 amide bonds. The second-order valence-electron chi connectivity index (χ2n) is 3.99. The Hall–Kier alpha value is -1.03. The van der Waals surface area contributed by atoms with Gasteiger partial charge in [0.1, 0.15) is 6.04 Å². The Morgan fingerprint density at radius 2 is 2.06 bits per heavy atom. The molecule has 0 aliphatic heterocycles. The van der Waals surface area contributed by atoms with Crippen LogP contribution in [0.2, 0.25) is 0 Å². The standard InChI is InChI=1S/C12H14BrNO2/c1-16-12(15)11(8-2-3-8)14-10-6-4-9(13)5-7-10/h4-8,11,14H,2-3H2,1H3. The highest BCUT2D eigenvalue weighted by Gasteiger charge is 2.36. The zero-order valence-electron chi connectivity index (χ0n) is 9.07. The van der Waals surface area contributed by atoms with E-state index in [-0.39, 0.29) is 12.0 Å². The molecule has 0 aromatic heterocycles. The van der Waals surface area contributed by atoms with Crippen LogP contribution in [0.1, 0.15) is 12.8 Å². The SMILES string of the molecule is COC(=O)C(Nc1ccc(Br)cc1)C1CC1. The molecule has 0 saturated heterocycles. The van der Waals surface area contributed by atoms with Crippen LogP contribution in [0.3, 0.4) is 0 Å². The van der Waals surface area contributed by atoms with Gasteiger partial charge in [0.05, 0.1) is 7.11 Å². The number of benzene rings is 1. The Kier molecular flexibility index (Phi) is 3.49. The van der Waals surface area contributed by atoms with E-state index in [1.54, 1.807) is 0 Å². The number of carbonyl (C=O) groups is 1. The van der Waals surface area contributed by atoms with E-state index in [1.807, 2.05) is 24.3 Å². The van der Waals surface area contributed by atoms with Crippen molar-refractivity contribution in [2.75, 3.05) is 12.4 Å². The minimum Gasteiger partial charge on any atom is -0.467 e. The number of carbonyl (C=O) groups excluding carboxylic acids is 1. The van der Waals surface area contributed by atoms with Crippen molar-refractivity contribution >= 4 is 27.6 Å². The zero-order valence-corrected chi connectivity index (χ0v) is 10.7. The number of nitrogens with one attached hydrogen (secondary N) is 1. The van der Waals surface area contributed by atoms with Crippen LogP contribution in [-0.4, -0.2) is 19.1 Å². The zero-order chi connectivity index (χ0) is 11.5. The molecule has 0 bridgehead atoms. The van der Waals surface area contributed by atoms with Crippen LogP contribution in [0, 0.1) is 5.92 Å². The molecule has 2 rings (SSSR count). The molecule has 1 aromatic carbocycles. The number of ether oxygens (including phenoxy) is 1. The molecule has 0 radical (unpaired) electrons. The number of hydrogen-bond donors (Lipinski definition) is 1. The summed E-state index contributed by atoms with van der Waals surface area (Å²) in [6, 6.07) is 7.59. The molecule has 1 aromatic rings. The van der Waals surface area contributed by atoms with Gasteiger partial charge in [-0.3, -0.25) is 0 Å². The highest BCUT2D eigenvalue weighted by Crippen LogP contribution is 2.34. The molecule has 1 N–H and O–H groups in total. The Morgan fingerprint density at radius 1 is 1.44 bits per heavy atom. The van der Waals surface area contributed by atoms with E-state index in [1.165, 1.54) is 7.11 Å². The summed E-state index contributed by atoms with van der Waals surface area (Å²) in [5.74, 6) is 0.251. The molecular formula is C12H14BrNO2. The first-order valence-corrected chi connectivity index (χ1v) is 6.10. The molecule has 1 atom stereocenters. The third-order valence-electron chi connectivity index (χ3n) is 2.71. The lowest BCUT2D eigenvalue weighted by Crippen LogP contribution is -2.32. The van der Waals surface area contributed by atoms with Gasteiger partial charge < -0.3 is 10.1 Å². The fourth-order valence-electron chi connectivity index (χ4n) is 1.65. The largest absolute Gasteiger partial charge is 0.467 e. The molecule has 1 saturated carbocycles. The summed E-state index contributed by atoms with van der Waals surface area (Å²) in [6.07, 6.45) is 2.20. The maximum atomic E-state index is 11.6. The first-order valence-electron chi connectivity index (χ1n) is 5.30. The van der Waals surface area contributed by atoms with Gasteiger partial charge in [-0.1, -0.05) is 15.9 Å². The molecule has 16 heavy (non-hydrogen) atoms. The molecule has 86 valence electrons. The van der Waals surface area contributed by atoms with Gasteiger partial charge in [0.2, 0.25) is 0 Å². The van der Waals surface area contributed by atoms with Gasteiger partial charge in [0, 0.05) is 10.2 Å². The van der Waals surface area contributed by atoms with Gasteiger partial charge >= 0.3 is 5.97 Å². The van der Waals surface area contributed by atoms with Crippen LogP contribution < -0.4 is 5.32 Å². The lowest BCUT2D eigenvalue weighted by molar-refractivity contribution is -0.142. The van der Waals surface area contributed by atoms with Crippen molar-refractivity contribution in [1.82, 2.24) is 0 Å². The fourth-order valence-corrected chi connectivity index (χ4v) is 1.92. The van der Waals surface area contributed by atoms with E-state index in [0.29, 0.717) is 5.92 Å². The summed E-state index contributed by atoms with van der Waals surface area (Å²) in [5, 5.41) is 3.22. The van der Waals surface area contributed by atoms with E-state index in [4.69, 9.17) is 4.74 Å². The van der Waals surface area contributed by atoms with Crippen molar-refractivity contribution in [2.24, 2.45) is 5.92 Å². The number of rotatable bonds is 4. The molecule has 0 heterocycles. The monoisotopic (exact) mass is 283 g/mol. The Bertz CT molecular complexity index is 373. The summed E-state index contributed by atoms with van der Waals surface area (Å²) in [6.45, 7) is 0. The summed E-state index contributed by atoms with van der Waals surface area (Å²) in [5.41, 5.74) is 0.950. The topological polar surface area (TPSA) is 38.3 Å². The summed E-state index contributed by atoms with van der Waals surface area (Å²) >= 11 is 3.38. The van der Waals surface area contributed by atoms with Crippen LogP contribution in [-0.2, 0) is 9.53 Å². The van der Waals surface area contributed by atoms with Gasteiger partial charge in [-0.2, -0.15) is 0 Å². The van der Waals surface area contributed by atoms with Crippen molar-refractivity contribution in [3.05, 3.63) is 28.7 Å².